The Bertz CT molecular complexity index is 172. The van der Waals surface area contributed by atoms with Gasteiger partial charge < -0.3 is 10.4 Å². The average molecular weight is 169 g/mol. The minimum Gasteiger partial charge on any atom is -0.396 e. The molecule has 3 heteroatoms. The van der Waals surface area contributed by atoms with Crippen LogP contribution in [0.2, 0.25) is 0 Å². The monoisotopic (exact) mass is 169 g/mol. The van der Waals surface area contributed by atoms with E-state index < -0.39 is 0 Å². The predicted molar refractivity (Wildman–Crippen MR) is 47.4 cm³/mol. The van der Waals surface area contributed by atoms with Crippen molar-refractivity contribution in [2.75, 3.05) is 6.61 Å². The minimum atomic E-state index is -0.170. The number of rotatable bonds is 5. The van der Waals surface area contributed by atoms with Crippen LogP contribution in [0.15, 0.2) is 0 Å². The number of terminal acetylenes is 1. The van der Waals surface area contributed by atoms with E-state index in [2.05, 4.69) is 11.2 Å². The second-order valence-corrected chi connectivity index (χ2v) is 2.52. The molecule has 0 aliphatic rings. The van der Waals surface area contributed by atoms with E-state index in [1.165, 1.54) is 0 Å². The van der Waals surface area contributed by atoms with E-state index in [0.29, 0.717) is 12.8 Å². The van der Waals surface area contributed by atoms with E-state index in [0.717, 1.165) is 6.42 Å². The summed E-state index contributed by atoms with van der Waals surface area (Å²) in [6.45, 7) is 1.96. The van der Waals surface area contributed by atoms with Crippen LogP contribution in [0.5, 0.6) is 0 Å². The number of carbonyl (C=O) groups is 1. The molecule has 3 nitrogen and oxygen atoms in total. The predicted octanol–water partition coefficient (Wildman–Crippen LogP) is 0.287. The molecular weight excluding hydrogens is 154 g/mol. The van der Waals surface area contributed by atoms with Crippen molar-refractivity contribution in [3.05, 3.63) is 0 Å². The molecule has 1 atom stereocenters. The minimum absolute atomic E-state index is 0.0419. The Hall–Kier alpha value is -1.01. The van der Waals surface area contributed by atoms with Gasteiger partial charge in [0.2, 0.25) is 5.91 Å². The molecule has 0 aliphatic carbocycles. The molecule has 0 spiro atoms. The van der Waals surface area contributed by atoms with E-state index in [1.54, 1.807) is 0 Å². The topological polar surface area (TPSA) is 49.3 Å². The highest BCUT2D eigenvalue weighted by Gasteiger charge is 2.05. The first kappa shape index (κ1) is 11.0. The van der Waals surface area contributed by atoms with Gasteiger partial charge in [-0.05, 0) is 12.8 Å². The number of hydrogen-bond donors (Lipinski definition) is 2. The zero-order valence-corrected chi connectivity index (χ0v) is 7.34. The Morgan fingerprint density at radius 2 is 2.42 bits per heavy atom. The average Bonchev–Trinajstić information content (AvgIpc) is 2.10. The highest BCUT2D eigenvalue weighted by Crippen LogP contribution is 1.92. The normalized spacial score (nSPS) is 11.8. The van der Waals surface area contributed by atoms with Crippen LogP contribution in [0, 0.1) is 12.3 Å². The van der Waals surface area contributed by atoms with Crippen molar-refractivity contribution >= 4 is 5.91 Å². The lowest BCUT2D eigenvalue weighted by atomic mass is 10.2. The van der Waals surface area contributed by atoms with Crippen LogP contribution in [-0.2, 0) is 4.79 Å². The fourth-order valence-corrected chi connectivity index (χ4v) is 0.768. The third-order valence-electron chi connectivity index (χ3n) is 1.51. The van der Waals surface area contributed by atoms with Crippen molar-refractivity contribution in [1.82, 2.24) is 5.32 Å². The molecule has 0 bridgehead atoms. The maximum Gasteiger partial charge on any atom is 0.221 e. The molecule has 0 fully saturated rings. The molecule has 68 valence electrons. The number of aliphatic hydroxyl groups is 1. The molecule has 0 rings (SSSR count). The van der Waals surface area contributed by atoms with Crippen LogP contribution in [0.25, 0.3) is 0 Å². The molecule has 0 saturated carbocycles. The van der Waals surface area contributed by atoms with E-state index in [1.807, 2.05) is 6.92 Å². The molecule has 0 aromatic carbocycles. The summed E-state index contributed by atoms with van der Waals surface area (Å²) < 4.78 is 0. The molecule has 1 amide bonds. The Morgan fingerprint density at radius 1 is 1.75 bits per heavy atom. The number of nitrogens with one attached hydrogen (secondary N) is 1. The van der Waals surface area contributed by atoms with Gasteiger partial charge >= 0.3 is 0 Å². The number of hydrogen-bond acceptors (Lipinski definition) is 2. The Morgan fingerprint density at radius 3 is 2.83 bits per heavy atom. The molecular formula is C9H15NO2. The fraction of sp³-hybridized carbons (Fsp3) is 0.667. The van der Waals surface area contributed by atoms with E-state index in [4.69, 9.17) is 11.5 Å². The third-order valence-corrected chi connectivity index (χ3v) is 1.51. The summed E-state index contributed by atoms with van der Waals surface area (Å²) in [7, 11) is 0. The third kappa shape index (κ3) is 4.75. The van der Waals surface area contributed by atoms with Crippen LogP contribution in [0.3, 0.4) is 0 Å². The molecule has 0 heterocycles. The molecule has 0 aromatic rings. The van der Waals surface area contributed by atoms with Gasteiger partial charge in [0.15, 0.2) is 0 Å². The molecule has 0 radical (unpaired) electrons. The summed E-state index contributed by atoms with van der Waals surface area (Å²) in [6, 6.07) is -0.170. The van der Waals surface area contributed by atoms with Gasteiger partial charge in [-0.15, -0.1) is 6.42 Å². The summed E-state index contributed by atoms with van der Waals surface area (Å²) in [5.74, 6) is 2.38. The van der Waals surface area contributed by atoms with Gasteiger partial charge in [0.25, 0.3) is 0 Å². The first-order valence-electron chi connectivity index (χ1n) is 4.11. The van der Waals surface area contributed by atoms with Crippen LogP contribution in [0.1, 0.15) is 26.2 Å². The Labute approximate surface area is 73.2 Å². The smallest absolute Gasteiger partial charge is 0.221 e. The largest absolute Gasteiger partial charge is 0.396 e. The van der Waals surface area contributed by atoms with Gasteiger partial charge in [-0.25, -0.2) is 0 Å². The first-order valence-corrected chi connectivity index (χ1v) is 4.11. The van der Waals surface area contributed by atoms with Crippen LogP contribution >= 0.6 is 0 Å². The second kappa shape index (κ2) is 6.68. The SMILES string of the molecule is C#CC(CC)NC(=O)CCCO. The summed E-state index contributed by atoms with van der Waals surface area (Å²) in [6.07, 6.45) is 6.72. The maximum atomic E-state index is 11.0. The van der Waals surface area contributed by atoms with Gasteiger partial charge in [-0.3, -0.25) is 4.79 Å². The van der Waals surface area contributed by atoms with E-state index in [9.17, 15) is 4.79 Å². The van der Waals surface area contributed by atoms with Gasteiger partial charge in [0.1, 0.15) is 0 Å². The van der Waals surface area contributed by atoms with Crippen molar-refractivity contribution in [1.29, 1.82) is 0 Å². The lowest BCUT2D eigenvalue weighted by molar-refractivity contribution is -0.121. The Kier molecular flexibility index (Phi) is 6.12. The zero-order chi connectivity index (χ0) is 9.40. The molecule has 0 aromatic heterocycles. The standard InChI is InChI=1S/C9H15NO2/c1-3-8(4-2)10-9(12)6-5-7-11/h1,8,11H,4-7H2,2H3,(H,10,12). The van der Waals surface area contributed by atoms with Crippen LogP contribution < -0.4 is 5.32 Å². The van der Waals surface area contributed by atoms with Gasteiger partial charge in [0.05, 0.1) is 6.04 Å². The number of carbonyl (C=O) groups excluding carboxylic acids is 1. The molecule has 0 aliphatic heterocycles. The van der Waals surface area contributed by atoms with Crippen molar-refractivity contribution in [3.8, 4) is 12.3 Å². The second-order valence-electron chi connectivity index (χ2n) is 2.52. The van der Waals surface area contributed by atoms with Gasteiger partial charge in [-0.2, -0.15) is 0 Å². The highest BCUT2D eigenvalue weighted by atomic mass is 16.3. The lowest BCUT2D eigenvalue weighted by Crippen LogP contribution is -2.33. The summed E-state index contributed by atoms with van der Waals surface area (Å²) in [4.78, 5) is 11.0. The zero-order valence-electron chi connectivity index (χ0n) is 7.34. The highest BCUT2D eigenvalue weighted by molar-refractivity contribution is 5.76. The van der Waals surface area contributed by atoms with Gasteiger partial charge in [0, 0.05) is 13.0 Å². The van der Waals surface area contributed by atoms with Crippen molar-refractivity contribution in [2.24, 2.45) is 0 Å². The fourth-order valence-electron chi connectivity index (χ4n) is 0.768. The molecule has 0 saturated heterocycles. The maximum absolute atomic E-state index is 11.0. The van der Waals surface area contributed by atoms with E-state index in [-0.39, 0.29) is 18.6 Å². The van der Waals surface area contributed by atoms with Gasteiger partial charge in [-0.1, -0.05) is 12.8 Å². The molecule has 12 heavy (non-hydrogen) atoms. The molecule has 2 N–H and O–H groups in total. The number of aliphatic hydroxyl groups excluding tert-OH is 1. The lowest BCUT2D eigenvalue weighted by Gasteiger charge is -2.09. The van der Waals surface area contributed by atoms with Crippen molar-refractivity contribution in [2.45, 2.75) is 32.2 Å². The van der Waals surface area contributed by atoms with Crippen LogP contribution in [-0.4, -0.2) is 23.7 Å². The van der Waals surface area contributed by atoms with Crippen LogP contribution in [0.4, 0.5) is 0 Å². The first-order chi connectivity index (χ1) is 5.74. The summed E-state index contributed by atoms with van der Waals surface area (Å²) in [5.41, 5.74) is 0. The molecule has 1 unspecified atom stereocenters. The Balaban J connectivity index is 3.61. The van der Waals surface area contributed by atoms with Crippen molar-refractivity contribution < 1.29 is 9.90 Å². The van der Waals surface area contributed by atoms with Crippen molar-refractivity contribution in [3.63, 3.8) is 0 Å². The van der Waals surface area contributed by atoms with E-state index >= 15 is 0 Å². The summed E-state index contributed by atoms with van der Waals surface area (Å²) >= 11 is 0. The quantitative estimate of drug-likeness (QED) is 0.581. The number of amides is 1. The summed E-state index contributed by atoms with van der Waals surface area (Å²) in [5, 5.41) is 11.1.